The first kappa shape index (κ1) is 16.9. The summed E-state index contributed by atoms with van der Waals surface area (Å²) in [5.74, 6) is 0.154. The number of hydrogen-bond donors (Lipinski definition) is 1. The molecule has 0 bridgehead atoms. The number of halogens is 3. The number of benzene rings is 2. The minimum atomic E-state index is -4.60. The minimum absolute atomic E-state index is 0.162. The zero-order valence-corrected chi connectivity index (χ0v) is 13.3. The third kappa shape index (κ3) is 4.13. The van der Waals surface area contributed by atoms with Gasteiger partial charge in [0.1, 0.15) is 11.5 Å². The van der Waals surface area contributed by atoms with Gasteiger partial charge < -0.3 is 4.74 Å². The highest BCUT2D eigenvalue weighted by atomic mass is 32.1. The van der Waals surface area contributed by atoms with E-state index in [1.807, 2.05) is 6.07 Å². The van der Waals surface area contributed by atoms with E-state index < -0.39 is 17.1 Å². The normalized spacial score (nSPS) is 11.2. The fourth-order valence-electron chi connectivity index (χ4n) is 1.91. The Balaban J connectivity index is 1.80. The Morgan fingerprint density at radius 1 is 1.00 bits per heavy atom. The standard InChI is InChI=1S/C16H10F3N3O2S/c17-16(18,19)14-21-22-15(25-14)20-13(23)11-8-4-5-9-12(11)24-10-6-2-1-3-7-10/h1-9H,(H,20,22,23). The molecule has 0 fully saturated rings. The van der Waals surface area contributed by atoms with E-state index >= 15 is 0 Å². The van der Waals surface area contributed by atoms with E-state index in [-0.39, 0.29) is 27.8 Å². The fourth-order valence-corrected chi connectivity index (χ4v) is 2.52. The third-order valence-corrected chi connectivity index (χ3v) is 3.87. The zero-order chi connectivity index (χ0) is 17.9. The second kappa shape index (κ2) is 6.89. The molecule has 3 aromatic rings. The van der Waals surface area contributed by atoms with E-state index in [9.17, 15) is 18.0 Å². The van der Waals surface area contributed by atoms with Crippen molar-refractivity contribution in [3.63, 3.8) is 0 Å². The van der Waals surface area contributed by atoms with Crippen molar-refractivity contribution in [1.29, 1.82) is 0 Å². The van der Waals surface area contributed by atoms with Gasteiger partial charge in [0.2, 0.25) is 10.1 Å². The molecule has 0 unspecified atom stereocenters. The number of carbonyl (C=O) groups is 1. The highest BCUT2D eigenvalue weighted by Crippen LogP contribution is 2.33. The van der Waals surface area contributed by atoms with Crippen molar-refractivity contribution < 1.29 is 22.7 Å². The summed E-state index contributed by atoms with van der Waals surface area (Å²) >= 11 is 0.253. The molecule has 1 N–H and O–H groups in total. The molecule has 1 aromatic heterocycles. The van der Waals surface area contributed by atoms with Crippen LogP contribution in [-0.2, 0) is 6.18 Å². The summed E-state index contributed by atoms with van der Waals surface area (Å²) in [7, 11) is 0. The van der Waals surface area contributed by atoms with Crippen LogP contribution in [0.2, 0.25) is 0 Å². The largest absolute Gasteiger partial charge is 0.457 e. The molecule has 25 heavy (non-hydrogen) atoms. The maximum absolute atomic E-state index is 12.5. The van der Waals surface area contributed by atoms with Gasteiger partial charge in [-0.15, -0.1) is 10.2 Å². The summed E-state index contributed by atoms with van der Waals surface area (Å²) in [6.07, 6.45) is -4.60. The fraction of sp³-hybridized carbons (Fsp3) is 0.0625. The number of alkyl halides is 3. The van der Waals surface area contributed by atoms with E-state index in [2.05, 4.69) is 15.5 Å². The average molecular weight is 365 g/mol. The minimum Gasteiger partial charge on any atom is -0.457 e. The quantitative estimate of drug-likeness (QED) is 0.734. The second-order valence-corrected chi connectivity index (χ2v) is 5.75. The van der Waals surface area contributed by atoms with Crippen LogP contribution in [0.3, 0.4) is 0 Å². The smallest absolute Gasteiger partial charge is 0.445 e. The van der Waals surface area contributed by atoms with Crippen LogP contribution in [0.15, 0.2) is 54.6 Å². The molecular formula is C16H10F3N3O2S. The first-order valence-electron chi connectivity index (χ1n) is 6.97. The number of hydrogen-bond acceptors (Lipinski definition) is 5. The Bertz CT molecular complexity index is 882. The van der Waals surface area contributed by atoms with Gasteiger partial charge in [0.05, 0.1) is 5.56 Å². The number of para-hydroxylation sites is 2. The van der Waals surface area contributed by atoms with Crippen LogP contribution in [0.4, 0.5) is 18.3 Å². The Morgan fingerprint density at radius 3 is 2.36 bits per heavy atom. The van der Waals surface area contributed by atoms with Crippen LogP contribution in [-0.4, -0.2) is 16.1 Å². The van der Waals surface area contributed by atoms with Gasteiger partial charge in [-0.3, -0.25) is 10.1 Å². The number of nitrogens with zero attached hydrogens (tertiary/aromatic N) is 2. The van der Waals surface area contributed by atoms with Crippen molar-refractivity contribution in [2.45, 2.75) is 6.18 Å². The summed E-state index contributed by atoms with van der Waals surface area (Å²) in [5.41, 5.74) is 0.162. The molecule has 0 saturated carbocycles. The molecule has 2 aromatic carbocycles. The van der Waals surface area contributed by atoms with Crippen molar-refractivity contribution in [1.82, 2.24) is 10.2 Å². The van der Waals surface area contributed by atoms with Crippen LogP contribution < -0.4 is 10.1 Å². The molecular weight excluding hydrogens is 355 g/mol. The van der Waals surface area contributed by atoms with Crippen LogP contribution in [0, 0.1) is 0 Å². The monoisotopic (exact) mass is 365 g/mol. The Hall–Kier alpha value is -2.94. The van der Waals surface area contributed by atoms with Gasteiger partial charge in [-0.25, -0.2) is 0 Å². The number of rotatable bonds is 4. The number of carbonyl (C=O) groups excluding carboxylic acids is 1. The summed E-state index contributed by atoms with van der Waals surface area (Å²) in [6.45, 7) is 0. The predicted molar refractivity (Wildman–Crippen MR) is 85.8 cm³/mol. The Kier molecular flexibility index (Phi) is 4.66. The van der Waals surface area contributed by atoms with E-state index in [4.69, 9.17) is 4.74 Å². The van der Waals surface area contributed by atoms with Crippen molar-refractivity contribution in [3.8, 4) is 11.5 Å². The summed E-state index contributed by atoms with van der Waals surface area (Å²) in [4.78, 5) is 12.4. The molecule has 0 atom stereocenters. The van der Waals surface area contributed by atoms with Gasteiger partial charge >= 0.3 is 6.18 Å². The number of ether oxygens (including phenoxy) is 1. The van der Waals surface area contributed by atoms with Crippen molar-refractivity contribution >= 4 is 22.4 Å². The van der Waals surface area contributed by atoms with Crippen molar-refractivity contribution in [3.05, 3.63) is 65.2 Å². The molecule has 128 valence electrons. The summed E-state index contributed by atoms with van der Waals surface area (Å²) < 4.78 is 43.3. The lowest BCUT2D eigenvalue weighted by atomic mass is 10.2. The molecule has 1 amide bonds. The molecule has 0 aliphatic rings. The Labute approximate surface area is 144 Å². The van der Waals surface area contributed by atoms with Crippen molar-refractivity contribution in [2.75, 3.05) is 5.32 Å². The highest BCUT2D eigenvalue weighted by molar-refractivity contribution is 7.15. The predicted octanol–water partition coefficient (Wildman–Crippen LogP) is 4.60. The topological polar surface area (TPSA) is 64.1 Å². The molecule has 0 aliphatic carbocycles. The molecule has 9 heteroatoms. The Morgan fingerprint density at radius 2 is 1.68 bits per heavy atom. The summed E-state index contributed by atoms with van der Waals surface area (Å²) in [5, 5.41) is 7.29. The molecule has 0 aliphatic heterocycles. The summed E-state index contributed by atoms with van der Waals surface area (Å²) in [6, 6.07) is 15.2. The van der Waals surface area contributed by atoms with E-state index in [1.165, 1.54) is 6.07 Å². The van der Waals surface area contributed by atoms with Gasteiger partial charge in [-0.2, -0.15) is 13.2 Å². The van der Waals surface area contributed by atoms with Gasteiger partial charge in [0.15, 0.2) is 0 Å². The average Bonchev–Trinajstić information content (AvgIpc) is 3.05. The molecule has 3 rings (SSSR count). The molecule has 0 radical (unpaired) electrons. The molecule has 1 heterocycles. The van der Waals surface area contributed by atoms with E-state index in [0.29, 0.717) is 5.75 Å². The van der Waals surface area contributed by atoms with Gasteiger partial charge in [0, 0.05) is 0 Å². The third-order valence-electron chi connectivity index (χ3n) is 2.99. The van der Waals surface area contributed by atoms with Crippen LogP contribution in [0.1, 0.15) is 15.4 Å². The number of anilines is 1. The number of amides is 1. The van der Waals surface area contributed by atoms with Crippen LogP contribution in [0.25, 0.3) is 0 Å². The molecule has 0 spiro atoms. The first-order chi connectivity index (χ1) is 11.9. The zero-order valence-electron chi connectivity index (χ0n) is 12.4. The van der Waals surface area contributed by atoms with Gasteiger partial charge in [0.25, 0.3) is 5.91 Å². The number of aromatic nitrogens is 2. The van der Waals surface area contributed by atoms with E-state index in [0.717, 1.165) is 0 Å². The highest BCUT2D eigenvalue weighted by Gasteiger charge is 2.35. The van der Waals surface area contributed by atoms with E-state index in [1.54, 1.807) is 42.5 Å². The maximum atomic E-state index is 12.5. The lowest BCUT2D eigenvalue weighted by Crippen LogP contribution is -2.12. The lowest BCUT2D eigenvalue weighted by Gasteiger charge is -2.10. The number of nitrogens with one attached hydrogen (secondary N) is 1. The second-order valence-electron chi connectivity index (χ2n) is 4.78. The molecule has 5 nitrogen and oxygen atoms in total. The van der Waals surface area contributed by atoms with Crippen LogP contribution >= 0.6 is 11.3 Å². The lowest BCUT2D eigenvalue weighted by molar-refractivity contribution is -0.138. The first-order valence-corrected chi connectivity index (χ1v) is 7.79. The van der Waals surface area contributed by atoms with Crippen LogP contribution in [0.5, 0.6) is 11.5 Å². The van der Waals surface area contributed by atoms with Gasteiger partial charge in [-0.1, -0.05) is 41.7 Å². The van der Waals surface area contributed by atoms with Crippen molar-refractivity contribution in [2.24, 2.45) is 0 Å². The van der Waals surface area contributed by atoms with Gasteiger partial charge in [-0.05, 0) is 24.3 Å². The maximum Gasteiger partial charge on any atom is 0.445 e. The SMILES string of the molecule is O=C(Nc1nnc(C(F)(F)F)s1)c1ccccc1Oc1ccccc1. The molecule has 0 saturated heterocycles.